The highest BCUT2D eigenvalue weighted by atomic mass is 16.5. The Morgan fingerprint density at radius 3 is 2.61 bits per heavy atom. The number of hydrogen-bond acceptors (Lipinski definition) is 3. The summed E-state index contributed by atoms with van der Waals surface area (Å²) in [5.41, 5.74) is 2.64. The molecule has 0 saturated heterocycles. The van der Waals surface area contributed by atoms with Crippen LogP contribution in [0.1, 0.15) is 54.1 Å². The first-order valence-corrected chi connectivity index (χ1v) is 6.10. The predicted molar refractivity (Wildman–Crippen MR) is 71.0 cm³/mol. The van der Waals surface area contributed by atoms with Crippen molar-refractivity contribution < 1.29 is 9.53 Å². The van der Waals surface area contributed by atoms with Crippen LogP contribution in [0.2, 0.25) is 0 Å². The van der Waals surface area contributed by atoms with Crippen LogP contribution in [0.15, 0.2) is 12.1 Å². The van der Waals surface area contributed by atoms with Gasteiger partial charge in [0, 0.05) is 18.4 Å². The summed E-state index contributed by atoms with van der Waals surface area (Å²) in [6.45, 7) is 6.03. The van der Waals surface area contributed by atoms with Crippen molar-refractivity contribution in [2.45, 2.75) is 39.5 Å². The summed E-state index contributed by atoms with van der Waals surface area (Å²) in [5.74, 6) is 1.14. The number of carbonyl (C=O) groups is 1. The Morgan fingerprint density at radius 2 is 2.11 bits per heavy atom. The molecular weight excluding hydrogens is 226 g/mol. The summed E-state index contributed by atoms with van der Waals surface area (Å²) in [7, 11) is 1.64. The number of ether oxygens (including phenoxy) is 1. The number of benzene rings is 1. The van der Waals surface area contributed by atoms with Gasteiger partial charge in [0.1, 0.15) is 5.75 Å². The van der Waals surface area contributed by atoms with Gasteiger partial charge in [-0.25, -0.2) is 0 Å². The molecule has 0 spiro atoms. The molecule has 0 aliphatic carbocycles. The molecule has 0 amide bonds. The number of aryl methyl sites for hydroxylation is 1. The van der Waals surface area contributed by atoms with Crippen molar-refractivity contribution in [3.63, 3.8) is 0 Å². The molecule has 1 rings (SSSR count). The Balaban J connectivity index is 3.17. The lowest BCUT2D eigenvalue weighted by Crippen LogP contribution is -2.05. The molecule has 0 aliphatic heterocycles. The molecule has 0 heterocycles. The molecule has 1 aromatic carbocycles. The Hall–Kier alpha value is -1.82. The molecule has 0 bridgehead atoms. The number of rotatable bonds is 5. The van der Waals surface area contributed by atoms with Crippen molar-refractivity contribution in [3.8, 4) is 11.8 Å². The van der Waals surface area contributed by atoms with E-state index >= 15 is 0 Å². The topological polar surface area (TPSA) is 50.1 Å². The third-order valence-electron chi connectivity index (χ3n) is 2.96. The number of hydrogen-bond donors (Lipinski definition) is 0. The fourth-order valence-electron chi connectivity index (χ4n) is 1.93. The second kappa shape index (κ2) is 6.20. The van der Waals surface area contributed by atoms with Gasteiger partial charge in [-0.3, -0.25) is 4.79 Å². The van der Waals surface area contributed by atoms with Gasteiger partial charge in [0.25, 0.3) is 0 Å². The highest BCUT2D eigenvalue weighted by Crippen LogP contribution is 2.30. The smallest absolute Gasteiger partial charge is 0.164 e. The minimum Gasteiger partial charge on any atom is -0.496 e. The fourth-order valence-corrected chi connectivity index (χ4v) is 1.93. The maximum absolute atomic E-state index is 12.0. The SMILES string of the molecule is COc1cc(C)c(C(=O)CCC#N)cc1C(C)C. The van der Waals surface area contributed by atoms with Crippen LogP contribution >= 0.6 is 0 Å². The van der Waals surface area contributed by atoms with E-state index in [0.29, 0.717) is 11.5 Å². The first-order valence-electron chi connectivity index (χ1n) is 6.10. The quantitative estimate of drug-likeness (QED) is 0.744. The number of ketones is 1. The number of Topliss-reactive ketones (excluding diaryl/α,β-unsaturated/α-hetero) is 1. The predicted octanol–water partition coefficient (Wildman–Crippen LogP) is 3.61. The van der Waals surface area contributed by atoms with E-state index in [9.17, 15) is 4.79 Å². The summed E-state index contributed by atoms with van der Waals surface area (Å²) in [6, 6.07) is 5.80. The normalized spacial score (nSPS) is 10.2. The van der Waals surface area contributed by atoms with Crippen LogP contribution < -0.4 is 4.74 Å². The summed E-state index contributed by atoms with van der Waals surface area (Å²) < 4.78 is 5.34. The third kappa shape index (κ3) is 3.10. The van der Waals surface area contributed by atoms with Gasteiger partial charge >= 0.3 is 0 Å². The molecule has 0 atom stereocenters. The number of carbonyl (C=O) groups excluding carboxylic acids is 1. The average Bonchev–Trinajstić information content (AvgIpc) is 2.34. The molecule has 96 valence electrons. The highest BCUT2D eigenvalue weighted by Gasteiger charge is 2.15. The van der Waals surface area contributed by atoms with Crippen LogP contribution in [0.25, 0.3) is 0 Å². The van der Waals surface area contributed by atoms with Crippen LogP contribution in [0.5, 0.6) is 5.75 Å². The number of nitrogens with zero attached hydrogens (tertiary/aromatic N) is 1. The molecule has 1 aromatic rings. The second-order valence-electron chi connectivity index (χ2n) is 4.65. The van der Waals surface area contributed by atoms with Crippen molar-refractivity contribution >= 4 is 5.78 Å². The standard InChI is InChI=1S/C15H19NO2/c1-10(2)12-9-13(14(17)6-5-7-16)11(3)8-15(12)18-4/h8-10H,5-6H2,1-4H3. The molecule has 0 saturated carbocycles. The Bertz CT molecular complexity index is 484. The molecule has 0 unspecified atom stereocenters. The number of methoxy groups -OCH3 is 1. The maximum Gasteiger partial charge on any atom is 0.164 e. The van der Waals surface area contributed by atoms with Crippen LogP contribution in [0.3, 0.4) is 0 Å². The third-order valence-corrected chi connectivity index (χ3v) is 2.96. The molecular formula is C15H19NO2. The zero-order valence-electron chi connectivity index (χ0n) is 11.4. The monoisotopic (exact) mass is 245 g/mol. The maximum atomic E-state index is 12.0. The van der Waals surface area contributed by atoms with Gasteiger partial charge in [0.05, 0.1) is 13.2 Å². The molecule has 0 fully saturated rings. The molecule has 0 aromatic heterocycles. The van der Waals surface area contributed by atoms with Crippen LogP contribution in [-0.4, -0.2) is 12.9 Å². The minimum absolute atomic E-state index is 0.0265. The molecule has 18 heavy (non-hydrogen) atoms. The Kier molecular flexibility index (Phi) is 4.91. The van der Waals surface area contributed by atoms with Crippen LogP contribution in [0.4, 0.5) is 0 Å². The highest BCUT2D eigenvalue weighted by molar-refractivity contribution is 5.98. The summed E-state index contributed by atoms with van der Waals surface area (Å²) in [4.78, 5) is 12.0. The van der Waals surface area contributed by atoms with Crippen molar-refractivity contribution in [2.24, 2.45) is 0 Å². The van der Waals surface area contributed by atoms with E-state index < -0.39 is 0 Å². The molecule has 3 nitrogen and oxygen atoms in total. The van der Waals surface area contributed by atoms with Gasteiger partial charge in [0.15, 0.2) is 5.78 Å². The fraction of sp³-hybridized carbons (Fsp3) is 0.467. The molecule has 0 radical (unpaired) electrons. The van der Waals surface area contributed by atoms with E-state index in [1.807, 2.05) is 25.1 Å². The van der Waals surface area contributed by atoms with Crippen molar-refractivity contribution in [1.29, 1.82) is 5.26 Å². The summed E-state index contributed by atoms with van der Waals surface area (Å²) in [6.07, 6.45) is 0.544. The summed E-state index contributed by atoms with van der Waals surface area (Å²) in [5, 5.41) is 8.53. The van der Waals surface area contributed by atoms with Gasteiger partial charge in [-0.2, -0.15) is 5.26 Å². The van der Waals surface area contributed by atoms with E-state index in [1.54, 1.807) is 7.11 Å². The van der Waals surface area contributed by atoms with E-state index in [1.165, 1.54) is 0 Å². The average molecular weight is 245 g/mol. The lowest BCUT2D eigenvalue weighted by Gasteiger charge is -2.15. The molecule has 0 N–H and O–H groups in total. The van der Waals surface area contributed by atoms with Crippen molar-refractivity contribution in [3.05, 3.63) is 28.8 Å². The second-order valence-corrected chi connectivity index (χ2v) is 4.65. The lowest BCUT2D eigenvalue weighted by molar-refractivity contribution is 0.0983. The largest absolute Gasteiger partial charge is 0.496 e. The number of nitriles is 1. The minimum atomic E-state index is 0.0265. The van der Waals surface area contributed by atoms with Gasteiger partial charge in [0.2, 0.25) is 0 Å². The van der Waals surface area contributed by atoms with Gasteiger partial charge in [-0.1, -0.05) is 13.8 Å². The van der Waals surface area contributed by atoms with Gasteiger partial charge in [-0.15, -0.1) is 0 Å². The zero-order chi connectivity index (χ0) is 13.7. The zero-order valence-corrected chi connectivity index (χ0v) is 11.4. The van der Waals surface area contributed by atoms with Gasteiger partial charge in [-0.05, 0) is 36.1 Å². The molecule has 3 heteroatoms. The van der Waals surface area contributed by atoms with E-state index in [-0.39, 0.29) is 18.6 Å². The van der Waals surface area contributed by atoms with Crippen LogP contribution in [0, 0.1) is 18.3 Å². The molecule has 0 aliphatic rings. The van der Waals surface area contributed by atoms with E-state index in [4.69, 9.17) is 10.00 Å². The Labute approximate surface area is 108 Å². The Morgan fingerprint density at radius 1 is 1.44 bits per heavy atom. The first kappa shape index (κ1) is 14.2. The van der Waals surface area contributed by atoms with Crippen molar-refractivity contribution in [2.75, 3.05) is 7.11 Å². The van der Waals surface area contributed by atoms with E-state index in [2.05, 4.69) is 13.8 Å². The summed E-state index contributed by atoms with van der Waals surface area (Å²) >= 11 is 0. The van der Waals surface area contributed by atoms with Crippen molar-refractivity contribution in [1.82, 2.24) is 0 Å². The van der Waals surface area contributed by atoms with Gasteiger partial charge < -0.3 is 4.74 Å². The lowest BCUT2D eigenvalue weighted by atomic mass is 9.93. The van der Waals surface area contributed by atoms with Crippen LogP contribution in [-0.2, 0) is 0 Å². The first-order chi connectivity index (χ1) is 8.51. The van der Waals surface area contributed by atoms with E-state index in [0.717, 1.165) is 16.9 Å².